The molecule has 3 rings (SSSR count). The van der Waals surface area contributed by atoms with Crippen molar-refractivity contribution in [2.45, 2.75) is 162 Å². The van der Waals surface area contributed by atoms with Gasteiger partial charge in [0.1, 0.15) is 56.4 Å². The van der Waals surface area contributed by atoms with Crippen LogP contribution in [-0.2, 0) is 110 Å². The van der Waals surface area contributed by atoms with Crippen molar-refractivity contribution in [3.8, 4) is 0 Å². The summed E-state index contributed by atoms with van der Waals surface area (Å²) < 4.78 is 81.5. The molecule has 0 radical (unpaired) electrons. The maximum Gasteiger partial charge on any atom is 0.408 e. The van der Waals surface area contributed by atoms with Gasteiger partial charge < -0.3 is 102 Å². The van der Waals surface area contributed by atoms with Gasteiger partial charge >= 0.3 is 36.2 Å². The molecule has 104 heavy (non-hydrogen) atoms. The number of amides is 3. The van der Waals surface area contributed by atoms with Crippen LogP contribution in [0.2, 0.25) is 0 Å². The molecule has 0 aromatic heterocycles. The van der Waals surface area contributed by atoms with Crippen molar-refractivity contribution in [1.29, 1.82) is 0 Å². The lowest BCUT2D eigenvalue weighted by molar-refractivity contribution is -0.149. The SMILES string of the molecule is C.C=C(C)CO[C@@H](C=O)[C@H](COC[C@H](NC(=O)OCc1ccccc1)C(=O)OC)OCC(=C)C.C=C(C)CO[C@@H]([C@H](O)CC)[C@H](COC[C@H](NC(=O)OCc1ccccc1)C(=O)OC)OCC(=C)C.C=C(C)CO[C@H]([C@H](COC[C@H](NC(=O)OCc1ccccc1)C(=O)OC)OCC(=C)C)[C@@H](O)CC. The highest BCUT2D eigenvalue weighted by atomic mass is 16.6. The van der Waals surface area contributed by atoms with E-state index in [1.807, 2.05) is 120 Å². The zero-order valence-electron chi connectivity index (χ0n) is 61.7. The first-order valence-corrected chi connectivity index (χ1v) is 33.4. The van der Waals surface area contributed by atoms with Gasteiger partial charge in [0.25, 0.3) is 0 Å². The summed E-state index contributed by atoms with van der Waals surface area (Å²) in [4.78, 5) is 84.5. The van der Waals surface area contributed by atoms with E-state index < -0.39 is 103 Å². The van der Waals surface area contributed by atoms with E-state index in [9.17, 15) is 43.8 Å². The molecule has 5 N–H and O–H groups in total. The zero-order chi connectivity index (χ0) is 77.1. The lowest BCUT2D eigenvalue weighted by Crippen LogP contribution is -2.47. The summed E-state index contributed by atoms with van der Waals surface area (Å²) in [5, 5.41) is 28.4. The maximum atomic E-state index is 12.2. The van der Waals surface area contributed by atoms with Gasteiger partial charge in [-0.1, -0.05) is 185 Å². The lowest BCUT2D eigenvalue weighted by atomic mass is 10.1. The summed E-state index contributed by atoms with van der Waals surface area (Å²) in [6.07, 6.45) is -6.90. The molecule has 0 fully saturated rings. The monoisotopic (exact) mass is 1470 g/mol. The number of nitrogens with one attached hydrogen (secondary N) is 3. The van der Waals surface area contributed by atoms with Gasteiger partial charge in [-0.3, -0.25) is 0 Å². The average Bonchev–Trinajstić information content (AvgIpc) is 0.887. The van der Waals surface area contributed by atoms with Gasteiger partial charge in [-0.15, -0.1) is 0 Å². The van der Waals surface area contributed by atoms with Crippen LogP contribution in [0.5, 0.6) is 0 Å². The molecule has 0 aliphatic rings. The second kappa shape index (κ2) is 56.9. The van der Waals surface area contributed by atoms with Crippen LogP contribution in [-0.4, -0.2) is 220 Å². The number of rotatable bonds is 50. The molecule has 0 saturated carbocycles. The number of aldehydes is 1. The first-order chi connectivity index (χ1) is 49.1. The van der Waals surface area contributed by atoms with E-state index in [0.717, 1.165) is 50.1 Å². The van der Waals surface area contributed by atoms with E-state index in [4.69, 9.17) is 71.1 Å². The topological polar surface area (TPSA) is 334 Å². The number of esters is 3. The van der Waals surface area contributed by atoms with E-state index in [0.29, 0.717) is 19.1 Å². The van der Waals surface area contributed by atoms with Crippen LogP contribution in [0.4, 0.5) is 14.4 Å². The number of ether oxygens (including phenoxy) is 15. The van der Waals surface area contributed by atoms with Crippen LogP contribution < -0.4 is 16.0 Å². The largest absolute Gasteiger partial charge is 0.467 e. The van der Waals surface area contributed by atoms with Crippen molar-refractivity contribution in [2.75, 3.05) is 101 Å². The Balaban J connectivity index is 0.00000152. The van der Waals surface area contributed by atoms with Crippen molar-refractivity contribution in [2.24, 2.45) is 0 Å². The number of hydrogen-bond donors (Lipinski definition) is 5. The van der Waals surface area contributed by atoms with E-state index in [-0.39, 0.29) is 107 Å². The Bertz CT molecular complexity index is 2870. The van der Waals surface area contributed by atoms with Crippen LogP contribution in [0.3, 0.4) is 0 Å². The van der Waals surface area contributed by atoms with Crippen molar-refractivity contribution in [1.82, 2.24) is 16.0 Å². The fraction of sp³-hybridized carbons (Fsp3) is 0.519. The van der Waals surface area contributed by atoms with Gasteiger partial charge in [0.15, 0.2) is 24.4 Å². The van der Waals surface area contributed by atoms with Crippen LogP contribution >= 0.6 is 0 Å². The fourth-order valence-corrected chi connectivity index (χ4v) is 8.37. The number of methoxy groups -OCH3 is 3. The number of hydrogen-bond acceptors (Lipinski definition) is 24. The molecule has 582 valence electrons. The van der Waals surface area contributed by atoms with Crippen LogP contribution in [0.15, 0.2) is 164 Å². The third-order valence-electron chi connectivity index (χ3n) is 13.7. The summed E-state index contributed by atoms with van der Waals surface area (Å²) >= 11 is 0. The minimum absolute atomic E-state index is 0. The smallest absolute Gasteiger partial charge is 0.408 e. The number of carbonyl (C=O) groups is 7. The average molecular weight is 1470 g/mol. The molecule has 0 spiro atoms. The number of benzene rings is 3. The van der Waals surface area contributed by atoms with Gasteiger partial charge in [-0.25, -0.2) is 28.8 Å². The normalized spacial score (nSPS) is 13.9. The van der Waals surface area contributed by atoms with E-state index in [1.54, 1.807) is 26.0 Å². The van der Waals surface area contributed by atoms with Gasteiger partial charge in [-0.2, -0.15) is 0 Å². The Hall–Kier alpha value is -8.45. The second-order valence-corrected chi connectivity index (χ2v) is 24.2. The molecule has 11 atom stereocenters. The Kier molecular flexibility index (Phi) is 52.3. The Labute approximate surface area is 614 Å². The zero-order valence-corrected chi connectivity index (χ0v) is 61.7. The minimum Gasteiger partial charge on any atom is -0.467 e. The molecule has 0 aliphatic heterocycles. The molecule has 27 heteroatoms. The number of carbonyl (C=O) groups excluding carboxylic acids is 7. The number of aliphatic hydroxyl groups excluding tert-OH is 2. The standard InChI is InChI=1S/2C26H39NO8.C24H33NO8.CH4/c2*1-7-22(28)24(34-14-19(4)5)23(33-13-18(2)3)17-32-16-21(25(29)31-6)27-26(30)35-15-20-11-9-8-10-12-20;1-17(2)12-31-21(11-26)22(32-13-18(3)4)16-30-15-20(23(27)29-5)25-24(28)33-14-19-9-7-6-8-10-19;/h2*8-12,21-24,28H,2,4,7,13-17H2,1,3,5-6H3,(H,27,30);6-11,20-22H,1,3,12-16H2,2,4-5H3,(H,25,28);1H4/t21-,22+,23-,24-;21-,22-,23-,24-;20-,21-,22-;/m000./s1. The highest BCUT2D eigenvalue weighted by Crippen LogP contribution is 2.18. The first-order valence-electron chi connectivity index (χ1n) is 33.4. The van der Waals surface area contributed by atoms with Crippen molar-refractivity contribution < 1.29 is 115 Å². The summed E-state index contributed by atoms with van der Waals surface area (Å²) in [5.41, 5.74) is 7.06. The van der Waals surface area contributed by atoms with Crippen LogP contribution in [0.25, 0.3) is 0 Å². The fourth-order valence-electron chi connectivity index (χ4n) is 8.37. The highest BCUT2D eigenvalue weighted by Gasteiger charge is 2.34. The summed E-state index contributed by atoms with van der Waals surface area (Å²) in [6, 6.07) is 24.1. The maximum absolute atomic E-state index is 12.2. The summed E-state index contributed by atoms with van der Waals surface area (Å²) in [6.45, 7) is 38.0. The van der Waals surface area contributed by atoms with E-state index in [1.165, 1.54) is 21.3 Å². The summed E-state index contributed by atoms with van der Waals surface area (Å²) in [7, 11) is 3.62. The van der Waals surface area contributed by atoms with Crippen LogP contribution in [0.1, 0.15) is 92.3 Å². The third kappa shape index (κ3) is 44.3. The molecule has 0 unspecified atom stereocenters. The summed E-state index contributed by atoms with van der Waals surface area (Å²) in [5.74, 6) is -2.09. The molecule has 3 aromatic rings. The quantitative estimate of drug-likeness (QED) is 0.0152. The minimum atomic E-state index is -1.12. The first kappa shape index (κ1) is 95.5. The lowest BCUT2D eigenvalue weighted by Gasteiger charge is -2.31. The molecule has 27 nitrogen and oxygen atoms in total. The van der Waals surface area contributed by atoms with Gasteiger partial charge in [-0.05, 0) is 71.1 Å². The van der Waals surface area contributed by atoms with Crippen molar-refractivity contribution in [3.05, 3.63) is 181 Å². The second-order valence-electron chi connectivity index (χ2n) is 24.2. The third-order valence-corrected chi connectivity index (χ3v) is 13.7. The predicted octanol–water partition coefficient (Wildman–Crippen LogP) is 9.56. The Morgan fingerprint density at radius 1 is 0.394 bits per heavy atom. The van der Waals surface area contributed by atoms with Crippen molar-refractivity contribution in [3.63, 3.8) is 0 Å². The molecule has 0 heterocycles. The molecular weight excluding hydrogens is 1350 g/mol. The van der Waals surface area contributed by atoms with Gasteiger partial charge in [0, 0.05) is 0 Å². The van der Waals surface area contributed by atoms with E-state index >= 15 is 0 Å². The molecule has 3 amide bonds. The number of aliphatic hydroxyl groups is 2. The number of alkyl carbamates (subject to hydrolysis) is 3. The Morgan fingerprint density at radius 3 is 0.894 bits per heavy atom. The molecule has 0 saturated heterocycles. The Morgan fingerprint density at radius 2 is 0.644 bits per heavy atom. The molecule has 3 aromatic carbocycles. The predicted molar refractivity (Wildman–Crippen MR) is 392 cm³/mol. The van der Waals surface area contributed by atoms with Crippen molar-refractivity contribution >= 4 is 42.5 Å². The highest BCUT2D eigenvalue weighted by molar-refractivity contribution is 5.82. The van der Waals surface area contributed by atoms with Gasteiger partial charge in [0.05, 0.1) is 113 Å². The van der Waals surface area contributed by atoms with E-state index in [2.05, 4.69) is 55.4 Å². The van der Waals surface area contributed by atoms with Gasteiger partial charge in [0.2, 0.25) is 0 Å². The molecule has 0 bridgehead atoms. The molecular formula is C77H115N3O24. The molecule has 0 aliphatic carbocycles. The van der Waals surface area contributed by atoms with Crippen LogP contribution in [0, 0.1) is 0 Å².